The molecule has 1 aliphatic carbocycles. The Balaban J connectivity index is 1.31. The molecule has 0 bridgehead atoms. The fraction of sp³-hybridized carbons (Fsp3) is 0.0943. The number of rotatable bonds is 10. The van der Waals surface area contributed by atoms with E-state index in [0.29, 0.717) is 0 Å². The van der Waals surface area contributed by atoms with Gasteiger partial charge in [0, 0.05) is 28.6 Å². The van der Waals surface area contributed by atoms with Crippen LogP contribution in [0.3, 0.4) is 0 Å². The zero-order chi connectivity index (χ0) is 38.7. The van der Waals surface area contributed by atoms with Gasteiger partial charge in [0.05, 0.1) is 11.7 Å². The maximum atomic E-state index is 4.56. The van der Waals surface area contributed by atoms with E-state index in [0.717, 1.165) is 39.3 Å². The molecule has 1 heterocycles. The summed E-state index contributed by atoms with van der Waals surface area (Å²) >= 11 is 0. The summed E-state index contributed by atoms with van der Waals surface area (Å²) in [6, 6.07) is 54.7. The first kappa shape index (κ1) is 36.7. The summed E-state index contributed by atoms with van der Waals surface area (Å²) in [5.41, 5.74) is 12.8. The molecule has 0 amide bonds. The Morgan fingerprint density at radius 3 is 2.05 bits per heavy atom. The molecule has 8 rings (SSSR count). The summed E-state index contributed by atoms with van der Waals surface area (Å²) < 4.78 is 0. The van der Waals surface area contributed by atoms with Crippen LogP contribution in [0.25, 0.3) is 16.7 Å². The van der Waals surface area contributed by atoms with Crippen LogP contribution in [0.4, 0.5) is 17.1 Å². The van der Waals surface area contributed by atoms with E-state index in [1.807, 2.05) is 6.08 Å². The van der Waals surface area contributed by atoms with Crippen molar-refractivity contribution < 1.29 is 0 Å². The molecule has 0 radical (unpaired) electrons. The third-order valence-electron chi connectivity index (χ3n) is 11.1. The van der Waals surface area contributed by atoms with Gasteiger partial charge in [0.2, 0.25) is 0 Å². The van der Waals surface area contributed by atoms with Gasteiger partial charge in [-0.15, -0.1) is 0 Å². The van der Waals surface area contributed by atoms with Crippen molar-refractivity contribution in [3.05, 3.63) is 241 Å². The minimum absolute atomic E-state index is 0.109. The maximum absolute atomic E-state index is 4.56. The van der Waals surface area contributed by atoms with E-state index in [1.54, 1.807) is 0 Å². The summed E-state index contributed by atoms with van der Waals surface area (Å²) in [7, 11) is -1.62. The van der Waals surface area contributed by atoms with Crippen LogP contribution < -0.4 is 10.2 Å². The SMILES string of the molecule is C=C/C=C\C(=C/S(C)(c1ccccc1)c1ccccc1)C(Nc1ccccc1)c1cccc(N2/C=C\C=C/C(=C)c3cc4c(cc32)-c2ccccc2C4(C)C)c1. The number of fused-ring (bicyclic) bond motifs is 4. The lowest BCUT2D eigenvalue weighted by molar-refractivity contribution is 0.660. The molecule has 1 atom stereocenters. The summed E-state index contributed by atoms with van der Waals surface area (Å²) in [6.07, 6.45) is 17.0. The van der Waals surface area contributed by atoms with Gasteiger partial charge >= 0.3 is 0 Å². The van der Waals surface area contributed by atoms with E-state index in [2.05, 4.69) is 237 Å². The van der Waals surface area contributed by atoms with Crippen LogP contribution in [0.5, 0.6) is 0 Å². The number of nitrogens with one attached hydrogen (secondary N) is 1. The van der Waals surface area contributed by atoms with E-state index in [9.17, 15) is 0 Å². The fourth-order valence-corrected chi connectivity index (χ4v) is 10.9. The standard InChI is InChI=1S/C53H48N2S/c1-6-7-23-41(38-56(5,44-28-13-9-14-29-44)45-30-15-10-16-31-45)52(54-42-25-11-8-12-26-42)40-24-21-27-43(35-40)55-34-20-19-22-39(2)47-36-50-48(37-51(47)55)46-32-17-18-33-49(46)53(50,3)4/h6-38,52,54H,1-2H2,3-5H3/b22-19-,23-7-,34-20-,41-38+. The summed E-state index contributed by atoms with van der Waals surface area (Å²) in [5, 5.41) is 6.47. The minimum atomic E-state index is -1.62. The molecule has 0 fully saturated rings. The monoisotopic (exact) mass is 744 g/mol. The first-order valence-electron chi connectivity index (χ1n) is 19.2. The van der Waals surface area contributed by atoms with Crippen LogP contribution in [-0.2, 0) is 5.41 Å². The number of benzene rings is 6. The molecule has 1 N–H and O–H groups in total. The molecule has 1 aliphatic heterocycles. The topological polar surface area (TPSA) is 15.3 Å². The number of anilines is 3. The normalized spacial score (nSPS) is 16.5. The van der Waals surface area contributed by atoms with Crippen LogP contribution in [-0.4, -0.2) is 6.26 Å². The quantitative estimate of drug-likeness (QED) is 0.141. The third kappa shape index (κ3) is 6.91. The molecule has 56 heavy (non-hydrogen) atoms. The fourth-order valence-electron chi connectivity index (χ4n) is 8.14. The Morgan fingerprint density at radius 1 is 0.696 bits per heavy atom. The molecule has 1 unspecified atom stereocenters. The highest BCUT2D eigenvalue weighted by molar-refractivity contribution is 8.35. The van der Waals surface area contributed by atoms with Gasteiger partial charge in [-0.25, -0.2) is 0 Å². The molecule has 0 aromatic heterocycles. The molecule has 6 aromatic rings. The number of hydrogen-bond acceptors (Lipinski definition) is 2. The maximum Gasteiger partial charge on any atom is 0.0772 e. The number of nitrogens with zero attached hydrogens (tertiary/aromatic N) is 1. The lowest BCUT2D eigenvalue weighted by Crippen LogP contribution is -2.17. The Labute approximate surface area is 334 Å². The molecule has 2 aliphatic rings. The van der Waals surface area contributed by atoms with Crippen LogP contribution in [0, 0.1) is 0 Å². The highest BCUT2D eigenvalue weighted by atomic mass is 32.3. The average Bonchev–Trinajstić information content (AvgIpc) is 3.46. The van der Waals surface area contributed by atoms with Gasteiger partial charge in [0.1, 0.15) is 0 Å². The van der Waals surface area contributed by atoms with E-state index < -0.39 is 10.0 Å². The lowest BCUT2D eigenvalue weighted by atomic mass is 9.81. The second-order valence-corrected chi connectivity index (χ2v) is 18.2. The smallest absolute Gasteiger partial charge is 0.0772 e. The van der Waals surface area contributed by atoms with Crippen LogP contribution in [0.2, 0.25) is 0 Å². The lowest BCUT2D eigenvalue weighted by Gasteiger charge is -2.36. The predicted octanol–water partition coefficient (Wildman–Crippen LogP) is 14.6. The van der Waals surface area contributed by atoms with Gasteiger partial charge in [-0.2, -0.15) is 10.0 Å². The molecule has 276 valence electrons. The van der Waals surface area contributed by atoms with Crippen LogP contribution in [0.15, 0.2) is 228 Å². The first-order chi connectivity index (χ1) is 27.3. The zero-order valence-electron chi connectivity index (χ0n) is 32.4. The highest BCUT2D eigenvalue weighted by Crippen LogP contribution is 2.62. The van der Waals surface area contributed by atoms with Crippen molar-refractivity contribution in [3.63, 3.8) is 0 Å². The molecule has 0 saturated carbocycles. The van der Waals surface area contributed by atoms with Crippen molar-refractivity contribution in [1.29, 1.82) is 0 Å². The van der Waals surface area contributed by atoms with Crippen molar-refractivity contribution >= 4 is 32.7 Å². The molecular weight excluding hydrogens is 697 g/mol. The number of hydrogen-bond donors (Lipinski definition) is 1. The number of para-hydroxylation sites is 1. The Bertz CT molecular complexity index is 2480. The van der Waals surface area contributed by atoms with E-state index >= 15 is 0 Å². The minimum Gasteiger partial charge on any atom is -0.374 e. The summed E-state index contributed by atoms with van der Waals surface area (Å²) in [6.45, 7) is 13.3. The van der Waals surface area contributed by atoms with Gasteiger partial charge in [-0.05, 0) is 127 Å². The molecule has 3 heteroatoms. The third-order valence-corrected chi connectivity index (χ3v) is 14.4. The zero-order valence-corrected chi connectivity index (χ0v) is 33.2. The van der Waals surface area contributed by atoms with Gasteiger partial charge in [-0.1, -0.05) is 148 Å². The second kappa shape index (κ2) is 15.5. The Kier molecular flexibility index (Phi) is 10.1. The van der Waals surface area contributed by atoms with Gasteiger partial charge in [-0.3, -0.25) is 0 Å². The van der Waals surface area contributed by atoms with Crippen molar-refractivity contribution in [3.8, 4) is 11.1 Å². The van der Waals surface area contributed by atoms with Crippen LogP contribution >= 0.6 is 10.0 Å². The predicted molar refractivity (Wildman–Crippen MR) is 243 cm³/mol. The van der Waals surface area contributed by atoms with Gasteiger partial charge < -0.3 is 10.2 Å². The largest absolute Gasteiger partial charge is 0.374 e. The molecule has 0 spiro atoms. The summed E-state index contributed by atoms with van der Waals surface area (Å²) in [4.78, 5) is 4.93. The Morgan fingerprint density at radius 2 is 1.36 bits per heavy atom. The molecule has 0 saturated heterocycles. The Hall–Kier alpha value is -6.29. The van der Waals surface area contributed by atoms with Crippen molar-refractivity contribution in [1.82, 2.24) is 0 Å². The van der Waals surface area contributed by atoms with Gasteiger partial charge in [0.25, 0.3) is 0 Å². The van der Waals surface area contributed by atoms with Crippen LogP contribution in [0.1, 0.15) is 42.1 Å². The van der Waals surface area contributed by atoms with Gasteiger partial charge in [0.15, 0.2) is 0 Å². The number of allylic oxidation sites excluding steroid dienone is 6. The van der Waals surface area contributed by atoms with E-state index in [4.69, 9.17) is 0 Å². The molecule has 2 nitrogen and oxygen atoms in total. The molecular formula is C53H48N2S. The molecule has 6 aromatic carbocycles. The van der Waals surface area contributed by atoms with Crippen molar-refractivity contribution in [2.75, 3.05) is 16.5 Å². The van der Waals surface area contributed by atoms with E-state index in [-0.39, 0.29) is 11.5 Å². The summed E-state index contributed by atoms with van der Waals surface area (Å²) in [5.74, 6) is 0. The van der Waals surface area contributed by atoms with Crippen molar-refractivity contribution in [2.24, 2.45) is 0 Å². The average molecular weight is 745 g/mol. The van der Waals surface area contributed by atoms with E-state index in [1.165, 1.54) is 32.0 Å². The second-order valence-electron chi connectivity index (χ2n) is 15.0. The van der Waals surface area contributed by atoms with Crippen molar-refractivity contribution in [2.45, 2.75) is 35.1 Å². The highest BCUT2D eigenvalue weighted by Gasteiger charge is 2.37. The first-order valence-corrected chi connectivity index (χ1v) is 21.3.